The summed E-state index contributed by atoms with van der Waals surface area (Å²) < 4.78 is 1.78. The van der Waals surface area contributed by atoms with Gasteiger partial charge in [-0.15, -0.1) is 10.2 Å². The molecule has 68 valence electrons. The summed E-state index contributed by atoms with van der Waals surface area (Å²) in [5.41, 5.74) is 2.44. The maximum atomic E-state index is 5.17. The molecular weight excluding hydrogens is 188 g/mol. The van der Waals surface area contributed by atoms with Crippen LogP contribution in [-0.2, 0) is 6.54 Å². The number of hydrogen-bond acceptors (Lipinski definition) is 6. The normalized spacial score (nSPS) is 10.2. The van der Waals surface area contributed by atoms with Gasteiger partial charge in [-0.05, 0) is 6.07 Å². The molecular formula is C6H8N6S. The van der Waals surface area contributed by atoms with Crippen molar-refractivity contribution in [3.8, 4) is 0 Å². The molecule has 2 aromatic heterocycles. The molecule has 2 heterocycles. The summed E-state index contributed by atoms with van der Waals surface area (Å²) in [5.74, 6) is 5.17. The second kappa shape index (κ2) is 3.50. The molecule has 0 saturated carbocycles. The Bertz CT molecular complexity index is 366. The summed E-state index contributed by atoms with van der Waals surface area (Å²) in [6.45, 7) is 0.631. The third-order valence-corrected chi connectivity index (χ3v) is 2.29. The first-order chi connectivity index (χ1) is 6.38. The zero-order valence-corrected chi connectivity index (χ0v) is 7.53. The van der Waals surface area contributed by atoms with Crippen LogP contribution in [0.15, 0.2) is 18.5 Å². The predicted molar refractivity (Wildman–Crippen MR) is 49.0 cm³/mol. The fourth-order valence-corrected chi connectivity index (χ4v) is 1.55. The third kappa shape index (κ3) is 1.82. The van der Waals surface area contributed by atoms with E-state index in [1.165, 1.54) is 11.3 Å². The van der Waals surface area contributed by atoms with Crippen LogP contribution in [0.25, 0.3) is 0 Å². The molecule has 0 unspecified atom stereocenters. The summed E-state index contributed by atoms with van der Waals surface area (Å²) in [4.78, 5) is 0. The van der Waals surface area contributed by atoms with Gasteiger partial charge in [0.2, 0.25) is 5.13 Å². The average Bonchev–Trinajstić information content (AvgIpc) is 2.76. The van der Waals surface area contributed by atoms with Crippen LogP contribution >= 0.6 is 11.3 Å². The smallest absolute Gasteiger partial charge is 0.219 e. The second-order valence-corrected chi connectivity index (χ2v) is 3.41. The molecule has 2 rings (SSSR count). The number of nitrogens with zero attached hydrogens (tertiary/aromatic N) is 4. The van der Waals surface area contributed by atoms with E-state index >= 15 is 0 Å². The number of nitrogen functional groups attached to an aromatic ring is 1. The van der Waals surface area contributed by atoms with Crippen molar-refractivity contribution in [3.63, 3.8) is 0 Å². The van der Waals surface area contributed by atoms with Crippen molar-refractivity contribution < 1.29 is 0 Å². The maximum Gasteiger partial charge on any atom is 0.219 e. The molecule has 7 heteroatoms. The summed E-state index contributed by atoms with van der Waals surface area (Å²) in [5, 5.41) is 13.3. The minimum absolute atomic E-state index is 0.613. The van der Waals surface area contributed by atoms with Crippen LogP contribution in [0.4, 0.5) is 5.13 Å². The van der Waals surface area contributed by atoms with Crippen LogP contribution in [0, 0.1) is 0 Å². The van der Waals surface area contributed by atoms with E-state index in [9.17, 15) is 0 Å². The third-order valence-electron chi connectivity index (χ3n) is 1.45. The Kier molecular flexibility index (Phi) is 2.19. The van der Waals surface area contributed by atoms with Gasteiger partial charge >= 0.3 is 0 Å². The predicted octanol–water partition coefficient (Wildman–Crippen LogP) is 0.0685. The van der Waals surface area contributed by atoms with Crippen LogP contribution in [0.1, 0.15) is 5.01 Å². The summed E-state index contributed by atoms with van der Waals surface area (Å²) in [7, 11) is 0. The molecule has 0 radical (unpaired) electrons. The lowest BCUT2D eigenvalue weighted by Gasteiger charge is -1.93. The van der Waals surface area contributed by atoms with E-state index in [1.54, 1.807) is 10.9 Å². The molecule has 0 amide bonds. The van der Waals surface area contributed by atoms with Crippen molar-refractivity contribution in [1.29, 1.82) is 0 Å². The maximum absolute atomic E-state index is 5.17. The van der Waals surface area contributed by atoms with Crippen LogP contribution in [0.3, 0.4) is 0 Å². The Hall–Kier alpha value is -1.47. The van der Waals surface area contributed by atoms with Gasteiger partial charge in [0, 0.05) is 12.4 Å². The monoisotopic (exact) mass is 196 g/mol. The van der Waals surface area contributed by atoms with Gasteiger partial charge in [-0.3, -0.25) is 10.1 Å². The Morgan fingerprint density at radius 1 is 1.54 bits per heavy atom. The minimum Gasteiger partial charge on any atom is -0.298 e. The highest BCUT2D eigenvalue weighted by Gasteiger charge is 2.02. The zero-order chi connectivity index (χ0) is 9.10. The molecule has 0 atom stereocenters. The zero-order valence-electron chi connectivity index (χ0n) is 6.71. The molecule has 2 aromatic rings. The number of hydrogen-bond donors (Lipinski definition) is 2. The standard InChI is InChI=1S/C6H8N6S/c7-9-6-11-10-5(13-6)4-12-3-1-2-8-12/h1-3H,4,7H2,(H,9,11). The first kappa shape index (κ1) is 8.14. The molecule has 0 aliphatic rings. The van der Waals surface area contributed by atoms with E-state index < -0.39 is 0 Å². The van der Waals surface area contributed by atoms with E-state index in [4.69, 9.17) is 5.84 Å². The van der Waals surface area contributed by atoms with E-state index in [1.807, 2.05) is 12.3 Å². The first-order valence-electron chi connectivity index (χ1n) is 3.65. The molecule has 0 aliphatic heterocycles. The summed E-state index contributed by atoms with van der Waals surface area (Å²) in [6, 6.07) is 1.86. The Balaban J connectivity index is 2.10. The molecule has 0 bridgehead atoms. The molecule has 13 heavy (non-hydrogen) atoms. The molecule has 0 fully saturated rings. The molecule has 0 spiro atoms. The summed E-state index contributed by atoms with van der Waals surface area (Å²) >= 11 is 1.41. The fourth-order valence-electron chi connectivity index (χ4n) is 0.908. The van der Waals surface area contributed by atoms with Gasteiger partial charge in [-0.25, -0.2) is 5.84 Å². The topological polar surface area (TPSA) is 81.6 Å². The van der Waals surface area contributed by atoms with E-state index in [0.717, 1.165) is 5.01 Å². The van der Waals surface area contributed by atoms with Crippen molar-refractivity contribution in [3.05, 3.63) is 23.5 Å². The van der Waals surface area contributed by atoms with Crippen molar-refractivity contribution in [2.24, 2.45) is 5.84 Å². The molecule has 6 nitrogen and oxygen atoms in total. The number of hydrazine groups is 1. The lowest BCUT2D eigenvalue weighted by atomic mass is 10.7. The minimum atomic E-state index is 0.613. The second-order valence-electron chi connectivity index (χ2n) is 2.35. The highest BCUT2D eigenvalue weighted by atomic mass is 32.1. The first-order valence-corrected chi connectivity index (χ1v) is 4.46. The largest absolute Gasteiger partial charge is 0.298 e. The van der Waals surface area contributed by atoms with Gasteiger partial charge in [-0.2, -0.15) is 5.10 Å². The quantitative estimate of drug-likeness (QED) is 0.536. The molecule has 3 N–H and O–H groups in total. The van der Waals surface area contributed by atoms with Crippen molar-refractivity contribution in [2.45, 2.75) is 6.54 Å². The van der Waals surface area contributed by atoms with Crippen molar-refractivity contribution in [2.75, 3.05) is 5.43 Å². The van der Waals surface area contributed by atoms with Crippen LogP contribution in [-0.4, -0.2) is 20.0 Å². The fraction of sp³-hybridized carbons (Fsp3) is 0.167. The summed E-state index contributed by atoms with van der Waals surface area (Å²) in [6.07, 6.45) is 3.60. The number of nitrogens with two attached hydrogens (primary N) is 1. The highest BCUT2D eigenvalue weighted by Crippen LogP contribution is 2.13. The highest BCUT2D eigenvalue weighted by molar-refractivity contribution is 7.15. The lowest BCUT2D eigenvalue weighted by Crippen LogP contribution is -2.05. The van der Waals surface area contributed by atoms with Crippen LogP contribution in [0.5, 0.6) is 0 Å². The Morgan fingerprint density at radius 3 is 3.08 bits per heavy atom. The van der Waals surface area contributed by atoms with E-state index in [0.29, 0.717) is 11.7 Å². The van der Waals surface area contributed by atoms with E-state index in [2.05, 4.69) is 20.7 Å². The Morgan fingerprint density at radius 2 is 2.46 bits per heavy atom. The lowest BCUT2D eigenvalue weighted by molar-refractivity contribution is 0.677. The van der Waals surface area contributed by atoms with Crippen molar-refractivity contribution >= 4 is 16.5 Å². The van der Waals surface area contributed by atoms with Gasteiger partial charge in [-0.1, -0.05) is 11.3 Å². The van der Waals surface area contributed by atoms with Gasteiger partial charge in [0.05, 0.1) is 6.54 Å². The van der Waals surface area contributed by atoms with Gasteiger partial charge < -0.3 is 0 Å². The van der Waals surface area contributed by atoms with Gasteiger partial charge in [0.1, 0.15) is 5.01 Å². The van der Waals surface area contributed by atoms with Crippen LogP contribution in [0.2, 0.25) is 0 Å². The average molecular weight is 196 g/mol. The van der Waals surface area contributed by atoms with E-state index in [-0.39, 0.29) is 0 Å². The van der Waals surface area contributed by atoms with Crippen LogP contribution < -0.4 is 11.3 Å². The number of nitrogens with one attached hydrogen (secondary N) is 1. The van der Waals surface area contributed by atoms with Gasteiger partial charge in [0.25, 0.3) is 0 Å². The molecule has 0 saturated heterocycles. The Labute approximate surface area is 78.4 Å². The van der Waals surface area contributed by atoms with Crippen molar-refractivity contribution in [1.82, 2.24) is 20.0 Å². The number of aromatic nitrogens is 4. The SMILES string of the molecule is NNc1nnc(Cn2cccn2)s1. The molecule has 0 aromatic carbocycles. The number of anilines is 1. The molecule has 0 aliphatic carbocycles. The number of rotatable bonds is 3. The van der Waals surface area contributed by atoms with Gasteiger partial charge in [0.15, 0.2) is 0 Å².